The number of hydrogen-bond donors (Lipinski definition) is 1. The van der Waals surface area contributed by atoms with Gasteiger partial charge in [-0.2, -0.15) is 5.10 Å². The summed E-state index contributed by atoms with van der Waals surface area (Å²) in [6.07, 6.45) is 4.29. The monoisotopic (exact) mass is 491 g/mol. The molecule has 2 aromatic carbocycles. The van der Waals surface area contributed by atoms with Gasteiger partial charge in [-0.1, -0.05) is 6.07 Å². The molecule has 0 spiro atoms. The second kappa shape index (κ2) is 15.1. The predicted octanol–water partition coefficient (Wildman–Crippen LogP) is 5.30. The highest BCUT2D eigenvalue weighted by Gasteiger charge is 2.26. The van der Waals surface area contributed by atoms with E-state index in [9.17, 15) is 4.79 Å². The van der Waals surface area contributed by atoms with Gasteiger partial charge in [0.1, 0.15) is 5.75 Å². The lowest BCUT2D eigenvalue weighted by atomic mass is 10.1. The zero-order valence-electron chi connectivity index (χ0n) is 20.8. The molecule has 0 unspecified atom stereocenters. The minimum absolute atomic E-state index is 0. The Bertz CT molecular complexity index is 893. The third-order valence-electron chi connectivity index (χ3n) is 5.18. The molecule has 8 heteroatoms. The number of amides is 1. The van der Waals surface area contributed by atoms with E-state index in [2.05, 4.69) is 5.10 Å². The molecule has 7 nitrogen and oxygen atoms in total. The lowest BCUT2D eigenvalue weighted by molar-refractivity contribution is 0.0638. The highest BCUT2D eigenvalue weighted by Crippen LogP contribution is 2.33. The standard InChI is InChI=1S/C26H37N3O4.ClH/c1-19(2)29(20(3)4)26(30)23-10-9-11-24(31-5)25(23)33-17-8-6-7-16-32-22-14-12-21(13-15-22)18-28-27;/h9-15,18-20H,6-8,16-17,27H2,1-5H3;1H. The Balaban J connectivity index is 0.00000578. The molecule has 0 aromatic heterocycles. The van der Waals surface area contributed by atoms with Gasteiger partial charge in [-0.25, -0.2) is 0 Å². The van der Waals surface area contributed by atoms with Gasteiger partial charge in [-0.3, -0.25) is 4.79 Å². The van der Waals surface area contributed by atoms with Crippen molar-refractivity contribution in [3.8, 4) is 17.2 Å². The van der Waals surface area contributed by atoms with E-state index in [0.29, 0.717) is 30.3 Å². The van der Waals surface area contributed by atoms with Crippen LogP contribution in [0.3, 0.4) is 0 Å². The molecule has 0 saturated heterocycles. The molecule has 0 atom stereocenters. The summed E-state index contributed by atoms with van der Waals surface area (Å²) in [4.78, 5) is 15.1. The molecule has 2 aromatic rings. The SMILES string of the molecule is COc1cccc(C(=O)N(C(C)C)C(C)C)c1OCCCCCOc1ccc(C=NN)cc1.Cl. The first-order chi connectivity index (χ1) is 15.9. The zero-order valence-corrected chi connectivity index (χ0v) is 21.6. The zero-order chi connectivity index (χ0) is 24.2. The molecule has 2 N–H and O–H groups in total. The molecule has 1 amide bonds. The van der Waals surface area contributed by atoms with E-state index in [1.54, 1.807) is 19.4 Å². The van der Waals surface area contributed by atoms with Gasteiger partial charge in [0.2, 0.25) is 0 Å². The van der Waals surface area contributed by atoms with E-state index in [0.717, 1.165) is 30.6 Å². The summed E-state index contributed by atoms with van der Waals surface area (Å²) in [5, 5.41) is 3.50. The molecule has 188 valence electrons. The Morgan fingerprint density at radius 2 is 1.59 bits per heavy atom. The van der Waals surface area contributed by atoms with Crippen molar-refractivity contribution < 1.29 is 19.0 Å². The summed E-state index contributed by atoms with van der Waals surface area (Å²) in [5.74, 6) is 7.00. The Morgan fingerprint density at radius 3 is 2.15 bits per heavy atom. The van der Waals surface area contributed by atoms with Crippen molar-refractivity contribution in [2.45, 2.75) is 59.0 Å². The second-order valence-electron chi connectivity index (χ2n) is 8.34. The average molecular weight is 492 g/mol. The molecule has 0 radical (unpaired) electrons. The van der Waals surface area contributed by atoms with Crippen LogP contribution in [0.5, 0.6) is 17.2 Å². The largest absolute Gasteiger partial charge is 0.494 e. The fraction of sp³-hybridized carbons (Fsp3) is 0.462. The van der Waals surface area contributed by atoms with Crippen molar-refractivity contribution in [1.29, 1.82) is 0 Å². The fourth-order valence-corrected chi connectivity index (χ4v) is 3.68. The van der Waals surface area contributed by atoms with Crippen LogP contribution in [-0.2, 0) is 0 Å². The Labute approximate surface area is 209 Å². The summed E-state index contributed by atoms with van der Waals surface area (Å²) >= 11 is 0. The van der Waals surface area contributed by atoms with E-state index < -0.39 is 0 Å². The minimum Gasteiger partial charge on any atom is -0.494 e. The number of para-hydroxylation sites is 1. The van der Waals surface area contributed by atoms with E-state index in [1.807, 2.05) is 69.0 Å². The molecule has 0 saturated carbocycles. The summed E-state index contributed by atoms with van der Waals surface area (Å²) in [6, 6.07) is 13.2. The van der Waals surface area contributed by atoms with E-state index in [4.69, 9.17) is 20.1 Å². The molecule has 0 aliphatic heterocycles. The van der Waals surface area contributed by atoms with Crippen molar-refractivity contribution >= 4 is 24.5 Å². The van der Waals surface area contributed by atoms with Gasteiger partial charge in [0.15, 0.2) is 11.5 Å². The number of hydrazone groups is 1. The number of carbonyl (C=O) groups is 1. The van der Waals surface area contributed by atoms with Crippen LogP contribution in [0.1, 0.15) is 62.9 Å². The van der Waals surface area contributed by atoms with Crippen molar-refractivity contribution in [2.24, 2.45) is 10.9 Å². The maximum absolute atomic E-state index is 13.2. The molecule has 0 bridgehead atoms. The van der Waals surface area contributed by atoms with Gasteiger partial charge in [0.25, 0.3) is 5.91 Å². The number of benzene rings is 2. The molecule has 0 heterocycles. The Hall–Kier alpha value is -2.93. The van der Waals surface area contributed by atoms with Crippen LogP contribution in [0.15, 0.2) is 47.6 Å². The molecule has 0 fully saturated rings. The molecule has 2 rings (SSSR count). The molecule has 34 heavy (non-hydrogen) atoms. The lowest BCUT2D eigenvalue weighted by Crippen LogP contribution is -2.42. The van der Waals surface area contributed by atoms with Gasteiger partial charge >= 0.3 is 0 Å². The molecule has 0 aliphatic carbocycles. The molecular weight excluding hydrogens is 454 g/mol. The lowest BCUT2D eigenvalue weighted by Gasteiger charge is -2.31. The van der Waals surface area contributed by atoms with Crippen molar-refractivity contribution in [3.05, 3.63) is 53.6 Å². The number of rotatable bonds is 13. The number of ether oxygens (including phenoxy) is 3. The highest BCUT2D eigenvalue weighted by atomic mass is 35.5. The van der Waals surface area contributed by atoms with Crippen LogP contribution < -0.4 is 20.1 Å². The third kappa shape index (κ3) is 8.45. The highest BCUT2D eigenvalue weighted by molar-refractivity contribution is 5.98. The normalized spacial score (nSPS) is 10.9. The van der Waals surface area contributed by atoms with E-state index in [-0.39, 0.29) is 30.4 Å². The van der Waals surface area contributed by atoms with Gasteiger partial charge < -0.3 is 25.0 Å². The van der Waals surface area contributed by atoms with Gasteiger partial charge in [-0.05, 0) is 88.9 Å². The summed E-state index contributed by atoms with van der Waals surface area (Å²) in [5.41, 5.74) is 1.46. The van der Waals surface area contributed by atoms with Gasteiger partial charge in [0, 0.05) is 12.1 Å². The van der Waals surface area contributed by atoms with E-state index >= 15 is 0 Å². The van der Waals surface area contributed by atoms with Crippen LogP contribution in [0.4, 0.5) is 0 Å². The number of halogens is 1. The summed E-state index contributed by atoms with van der Waals surface area (Å²) in [7, 11) is 1.59. The van der Waals surface area contributed by atoms with Crippen LogP contribution in [0.2, 0.25) is 0 Å². The molecule has 0 aliphatic rings. The average Bonchev–Trinajstić information content (AvgIpc) is 2.79. The first kappa shape index (κ1) is 29.1. The van der Waals surface area contributed by atoms with Gasteiger partial charge in [0.05, 0.1) is 32.1 Å². The first-order valence-corrected chi connectivity index (χ1v) is 11.5. The van der Waals surface area contributed by atoms with Crippen LogP contribution in [0, 0.1) is 0 Å². The number of hydrogen-bond acceptors (Lipinski definition) is 6. The van der Waals surface area contributed by atoms with E-state index in [1.165, 1.54) is 0 Å². The fourth-order valence-electron chi connectivity index (χ4n) is 3.68. The van der Waals surface area contributed by atoms with Gasteiger partial charge in [-0.15, -0.1) is 12.4 Å². The smallest absolute Gasteiger partial charge is 0.258 e. The Morgan fingerprint density at radius 1 is 0.971 bits per heavy atom. The second-order valence-corrected chi connectivity index (χ2v) is 8.34. The quantitative estimate of drug-likeness (QED) is 0.178. The number of nitrogens with two attached hydrogens (primary N) is 1. The topological polar surface area (TPSA) is 86.4 Å². The van der Waals surface area contributed by atoms with Crippen molar-refractivity contribution in [3.63, 3.8) is 0 Å². The van der Waals surface area contributed by atoms with Crippen LogP contribution in [0.25, 0.3) is 0 Å². The number of methoxy groups -OCH3 is 1. The maximum atomic E-state index is 13.2. The van der Waals surface area contributed by atoms with Crippen molar-refractivity contribution in [1.82, 2.24) is 4.90 Å². The van der Waals surface area contributed by atoms with Crippen LogP contribution >= 0.6 is 12.4 Å². The molecular formula is C26H38ClN3O4. The summed E-state index contributed by atoms with van der Waals surface area (Å²) in [6.45, 7) is 9.19. The Kier molecular flexibility index (Phi) is 12.9. The number of carbonyl (C=O) groups excluding carboxylic acids is 1. The predicted molar refractivity (Wildman–Crippen MR) is 140 cm³/mol. The van der Waals surface area contributed by atoms with Crippen LogP contribution in [-0.4, -0.2) is 49.4 Å². The minimum atomic E-state index is -0.0500. The first-order valence-electron chi connectivity index (χ1n) is 11.5. The van der Waals surface area contributed by atoms with Crippen molar-refractivity contribution in [2.75, 3.05) is 20.3 Å². The maximum Gasteiger partial charge on any atom is 0.258 e. The summed E-state index contributed by atoms with van der Waals surface area (Å²) < 4.78 is 17.3. The number of nitrogens with zero attached hydrogens (tertiary/aromatic N) is 2. The number of unbranched alkanes of at least 4 members (excludes halogenated alkanes) is 2. The third-order valence-corrected chi connectivity index (χ3v) is 5.18.